The Hall–Kier alpha value is -4.68. The van der Waals surface area contributed by atoms with E-state index in [9.17, 15) is 10.2 Å². The van der Waals surface area contributed by atoms with Crippen LogP contribution in [0.5, 0.6) is 5.75 Å². The molecule has 2 heterocycles. The standard InChI is InChI=1S/C45H66N8O3Si/c1-29(2)57(30(3)4,31(5)6)55-28-34-14-13-25-52(34)43(48)53-27-35(21-24-41(53)47)56-39-23-22-38(36-15-11-12-16-37(36)39)50-44(54)51-42(26-40(46)45(8,9)10)49-33-19-17-32(7)18-20-33/h11-12,15-21,24,26-27,29-31,34,38-39,47-48H,13-14,22-23,25,28,46H2,1-10H3,(H2,49,50,51,54)/t34-,38+,39-/m1/s1. The zero-order valence-electron chi connectivity index (χ0n) is 35.8. The number of hydrogen-bond donors (Lipinski definition) is 5. The van der Waals surface area contributed by atoms with Gasteiger partial charge in [0.25, 0.3) is 0 Å². The van der Waals surface area contributed by atoms with E-state index in [1.165, 1.54) is 0 Å². The number of rotatable bonds is 11. The van der Waals surface area contributed by atoms with Crippen LogP contribution in [-0.4, -0.2) is 54.8 Å². The molecule has 12 heteroatoms. The smallest absolute Gasteiger partial charge is 0.320 e. The van der Waals surface area contributed by atoms with Crippen molar-refractivity contribution in [2.75, 3.05) is 13.2 Å². The van der Waals surface area contributed by atoms with Gasteiger partial charge < -0.3 is 25.1 Å². The number of benzene rings is 2. The average Bonchev–Trinajstić information content (AvgIpc) is 3.62. The number of allylic oxidation sites excluding steroid dienone is 1. The molecule has 6 N–H and O–H groups in total. The maximum atomic E-state index is 13.6. The summed E-state index contributed by atoms with van der Waals surface area (Å²) in [6, 6.07) is 18.8. The second-order valence-corrected chi connectivity index (χ2v) is 23.2. The number of aliphatic imine (C=N–C) groups is 1. The minimum atomic E-state index is -2.06. The fourth-order valence-electron chi connectivity index (χ4n) is 8.61. The number of aryl methyl sites for hydroxylation is 1. The number of nitrogens with one attached hydrogen (secondary N) is 4. The number of ether oxygens (including phenoxy) is 1. The van der Waals surface area contributed by atoms with E-state index >= 15 is 0 Å². The minimum absolute atomic E-state index is 0.0841. The fraction of sp³-hybridized carbons (Fsp3) is 0.511. The van der Waals surface area contributed by atoms with Crippen molar-refractivity contribution < 1.29 is 14.0 Å². The number of fused-ring (bicyclic) bond motifs is 1. The van der Waals surface area contributed by atoms with Crippen LogP contribution in [0, 0.1) is 23.2 Å². The number of aromatic nitrogens is 1. The molecule has 0 radical (unpaired) electrons. The van der Waals surface area contributed by atoms with Crippen LogP contribution in [0.15, 0.2) is 83.6 Å². The molecule has 1 fully saturated rings. The third kappa shape index (κ3) is 10.3. The number of hydrogen-bond acceptors (Lipinski definition) is 7. The molecule has 1 aliphatic carbocycles. The highest BCUT2D eigenvalue weighted by Crippen LogP contribution is 2.43. The molecule has 1 saturated heterocycles. The lowest BCUT2D eigenvalue weighted by Gasteiger charge is -2.43. The highest BCUT2D eigenvalue weighted by atomic mass is 28.4. The van der Waals surface area contributed by atoms with Crippen molar-refractivity contribution in [3.05, 3.63) is 101 Å². The summed E-state index contributed by atoms with van der Waals surface area (Å²) in [5.41, 5.74) is 12.2. The van der Waals surface area contributed by atoms with Gasteiger partial charge in [-0.25, -0.2) is 9.79 Å². The van der Waals surface area contributed by atoms with Gasteiger partial charge in [0.2, 0.25) is 5.96 Å². The van der Waals surface area contributed by atoms with E-state index in [0.29, 0.717) is 59.0 Å². The molecule has 11 nitrogen and oxygen atoms in total. The van der Waals surface area contributed by atoms with Crippen molar-refractivity contribution in [2.45, 2.75) is 130 Å². The van der Waals surface area contributed by atoms with E-state index in [-0.39, 0.29) is 41.1 Å². The molecule has 2 amide bonds. The van der Waals surface area contributed by atoms with Crippen LogP contribution in [-0.2, 0) is 4.43 Å². The van der Waals surface area contributed by atoms with Gasteiger partial charge in [0, 0.05) is 23.7 Å². The fourth-order valence-corrected chi connectivity index (χ4v) is 14.1. The van der Waals surface area contributed by atoms with Gasteiger partial charge in [-0.1, -0.05) is 104 Å². The van der Waals surface area contributed by atoms with Gasteiger partial charge >= 0.3 is 6.03 Å². The van der Waals surface area contributed by atoms with E-state index in [4.69, 9.17) is 25.3 Å². The molecule has 0 saturated carbocycles. The van der Waals surface area contributed by atoms with Crippen LogP contribution < -0.4 is 26.6 Å². The number of likely N-dealkylation sites (tertiary alicyclic amines) is 1. The molecule has 3 aromatic rings. The number of nitrogens with zero attached hydrogens (tertiary/aromatic N) is 3. The third-order valence-electron chi connectivity index (χ3n) is 11.7. The molecular weight excluding hydrogens is 729 g/mol. The Morgan fingerprint density at radius 2 is 1.61 bits per heavy atom. The molecule has 5 rings (SSSR count). The number of amides is 2. The highest BCUT2D eigenvalue weighted by Gasteiger charge is 2.46. The summed E-state index contributed by atoms with van der Waals surface area (Å²) in [5.74, 6) is 1.21. The molecule has 2 aromatic carbocycles. The summed E-state index contributed by atoms with van der Waals surface area (Å²) in [7, 11) is -2.06. The molecule has 308 valence electrons. The van der Waals surface area contributed by atoms with Crippen molar-refractivity contribution in [1.82, 2.24) is 20.1 Å². The number of urea groups is 1. The van der Waals surface area contributed by atoms with Crippen LogP contribution in [0.4, 0.5) is 10.5 Å². The van der Waals surface area contributed by atoms with Crippen molar-refractivity contribution in [1.29, 1.82) is 10.8 Å². The molecule has 3 atom stereocenters. The Morgan fingerprint density at radius 1 is 0.965 bits per heavy atom. The minimum Gasteiger partial charge on any atom is -0.484 e. The van der Waals surface area contributed by atoms with E-state index in [0.717, 1.165) is 36.1 Å². The van der Waals surface area contributed by atoms with Gasteiger partial charge in [-0.2, -0.15) is 0 Å². The summed E-state index contributed by atoms with van der Waals surface area (Å²) in [6.45, 7) is 23.2. The maximum absolute atomic E-state index is 13.6. The highest BCUT2D eigenvalue weighted by molar-refractivity contribution is 6.77. The molecule has 57 heavy (non-hydrogen) atoms. The van der Waals surface area contributed by atoms with Gasteiger partial charge in [0.05, 0.1) is 30.6 Å². The Morgan fingerprint density at radius 3 is 2.25 bits per heavy atom. The Labute approximate surface area is 341 Å². The number of pyridine rings is 1. The summed E-state index contributed by atoms with van der Waals surface area (Å²) >= 11 is 0. The maximum Gasteiger partial charge on any atom is 0.320 e. The summed E-state index contributed by atoms with van der Waals surface area (Å²) in [6.07, 6.45) is 6.46. The predicted octanol–water partition coefficient (Wildman–Crippen LogP) is 9.59. The number of amidine groups is 1. The van der Waals surface area contributed by atoms with Crippen LogP contribution in [0.2, 0.25) is 16.6 Å². The summed E-state index contributed by atoms with van der Waals surface area (Å²) in [5, 5.41) is 24.2. The Bertz CT molecular complexity index is 1970. The lowest BCUT2D eigenvalue weighted by Crippen LogP contribution is -2.51. The zero-order valence-corrected chi connectivity index (χ0v) is 36.8. The molecule has 0 spiro atoms. The Kier molecular flexibility index (Phi) is 13.9. The molecule has 1 aliphatic heterocycles. The molecule has 2 aliphatic rings. The topological polar surface area (TPSA) is 154 Å². The van der Waals surface area contributed by atoms with E-state index in [1.807, 2.05) is 76.2 Å². The first-order valence-electron chi connectivity index (χ1n) is 20.6. The van der Waals surface area contributed by atoms with Crippen molar-refractivity contribution in [3.63, 3.8) is 0 Å². The average molecular weight is 795 g/mol. The van der Waals surface area contributed by atoms with Crippen molar-refractivity contribution in [3.8, 4) is 5.75 Å². The summed E-state index contributed by atoms with van der Waals surface area (Å²) < 4.78 is 15.3. The van der Waals surface area contributed by atoms with Crippen LogP contribution >= 0.6 is 0 Å². The van der Waals surface area contributed by atoms with Crippen LogP contribution in [0.3, 0.4) is 0 Å². The number of carbonyl (C=O) groups excluding carboxylic acids is 1. The second kappa shape index (κ2) is 18.3. The first kappa shape index (κ1) is 43.4. The molecular formula is C45H66N8O3Si. The molecule has 1 aromatic heterocycles. The predicted molar refractivity (Wildman–Crippen MR) is 234 cm³/mol. The van der Waals surface area contributed by atoms with E-state index in [2.05, 4.69) is 57.1 Å². The lowest BCUT2D eigenvalue weighted by atomic mass is 9.85. The van der Waals surface area contributed by atoms with Crippen LogP contribution in [0.25, 0.3) is 0 Å². The van der Waals surface area contributed by atoms with E-state index < -0.39 is 8.32 Å². The van der Waals surface area contributed by atoms with Gasteiger partial charge in [-0.3, -0.25) is 20.7 Å². The molecule has 0 unspecified atom stereocenters. The largest absolute Gasteiger partial charge is 0.484 e. The van der Waals surface area contributed by atoms with Gasteiger partial charge in [-0.15, -0.1) is 0 Å². The molecule has 0 bridgehead atoms. The third-order valence-corrected chi connectivity index (χ3v) is 17.8. The first-order chi connectivity index (χ1) is 26.9. The lowest BCUT2D eigenvalue weighted by molar-refractivity contribution is 0.170. The quantitative estimate of drug-likeness (QED) is 0.0744. The summed E-state index contributed by atoms with van der Waals surface area (Å²) in [4.78, 5) is 20.4. The van der Waals surface area contributed by atoms with E-state index in [1.54, 1.807) is 29.0 Å². The zero-order chi connectivity index (χ0) is 41.7. The monoisotopic (exact) mass is 795 g/mol. The van der Waals surface area contributed by atoms with Crippen LogP contribution in [0.1, 0.15) is 117 Å². The number of nitrogens with two attached hydrogens (primary N) is 1. The second-order valence-electron chi connectivity index (χ2n) is 17.7. The normalized spacial score (nSPS) is 19.2. The van der Waals surface area contributed by atoms with Crippen molar-refractivity contribution >= 4 is 31.8 Å². The number of carbonyl (C=O) groups is 1. The van der Waals surface area contributed by atoms with Crippen molar-refractivity contribution in [2.24, 2.45) is 16.1 Å². The SMILES string of the molecule is Cc1ccc(N=C(C=C(N)C(C)(C)C)NC(=O)N[C@H]2CC[C@@H](Oc3ccc(=N)n(C(=N)N4CCC[C@@H]4CO[Si](C(C)C)(C(C)C)C(C)C)c3)c3ccccc32)cc1. The first-order valence-corrected chi connectivity index (χ1v) is 22.8. The van der Waals surface area contributed by atoms with Gasteiger partial charge in [0.15, 0.2) is 8.32 Å². The Balaban J connectivity index is 1.30. The van der Waals surface area contributed by atoms with Gasteiger partial charge in [-0.05, 0) is 84.6 Å². The van der Waals surface area contributed by atoms with Gasteiger partial charge in [0.1, 0.15) is 23.2 Å².